The maximum absolute atomic E-state index is 10.1. The molecule has 0 amide bonds. The zero-order valence-electron chi connectivity index (χ0n) is 60.9. The second-order valence-electron chi connectivity index (χ2n) is 12.7. The summed E-state index contributed by atoms with van der Waals surface area (Å²) in [5, 5.41) is -2.94. The van der Waals surface area contributed by atoms with E-state index in [1.807, 2.05) is 0 Å². The number of furan rings is 3. The number of para-hydroxylation sites is 3. The highest BCUT2D eigenvalue weighted by Gasteiger charge is 2.27. The molecule has 0 spiro atoms. The van der Waals surface area contributed by atoms with Crippen LogP contribution in [0.5, 0.6) is 0 Å². The Morgan fingerprint density at radius 2 is 0.914 bits per heavy atom. The van der Waals surface area contributed by atoms with E-state index >= 15 is 0 Å². The molecule has 9 aromatic carbocycles. The predicted octanol–water partition coefficient (Wildman–Crippen LogP) is 15.6. The van der Waals surface area contributed by atoms with Crippen LogP contribution in [0.3, 0.4) is 0 Å². The van der Waals surface area contributed by atoms with E-state index in [0.717, 1.165) is 6.07 Å². The molecule has 0 fully saturated rings. The first kappa shape index (κ1) is 14.1. The van der Waals surface area contributed by atoms with Crippen LogP contribution in [0.15, 0.2) is 213 Å². The van der Waals surface area contributed by atoms with Crippen molar-refractivity contribution in [2.24, 2.45) is 0 Å². The van der Waals surface area contributed by atoms with Crippen LogP contribution in [0.2, 0.25) is 0 Å². The fraction of sp³-hybridized carbons (Fsp3) is 0.0182. The second-order valence-corrected chi connectivity index (χ2v) is 12.7. The van der Waals surface area contributed by atoms with Crippen LogP contribution in [0, 0.1) is 0 Å². The fourth-order valence-electron chi connectivity index (χ4n) is 7.06. The Kier molecular flexibility index (Phi) is 3.15. The van der Waals surface area contributed by atoms with Gasteiger partial charge in [-0.15, -0.1) is 0 Å². The lowest BCUT2D eigenvalue weighted by Gasteiger charge is -2.21. The quantitative estimate of drug-likeness (QED) is 0.158. The van der Waals surface area contributed by atoms with Crippen molar-refractivity contribution < 1.29 is 57.1 Å². The second kappa shape index (κ2) is 13.0. The van der Waals surface area contributed by atoms with Gasteiger partial charge in [-0.3, -0.25) is 0 Å². The zero-order valence-corrected chi connectivity index (χ0v) is 28.9. The lowest BCUT2D eigenvalue weighted by atomic mass is 9.82. The highest BCUT2D eigenvalue weighted by molar-refractivity contribution is 6.26. The Hall–Kier alpha value is -7.62. The number of hydrogen-bond acceptors (Lipinski definition) is 3. The van der Waals surface area contributed by atoms with Gasteiger partial charge >= 0.3 is 0 Å². The van der Waals surface area contributed by atoms with Gasteiger partial charge in [-0.05, 0) is 63.1 Å². The van der Waals surface area contributed by atoms with Crippen molar-refractivity contribution in [3.05, 3.63) is 216 Å². The van der Waals surface area contributed by atoms with Gasteiger partial charge in [0.1, 0.15) is 33.5 Å². The average molecular weight is 775 g/mol. The van der Waals surface area contributed by atoms with Gasteiger partial charge in [0.2, 0.25) is 0 Å². The molecule has 0 aliphatic heterocycles. The minimum Gasteiger partial charge on any atom is -0.456 e. The maximum atomic E-state index is 10.1. The van der Waals surface area contributed by atoms with Gasteiger partial charge in [-0.1, -0.05) is 175 Å². The summed E-state index contributed by atoms with van der Waals surface area (Å²) in [6.45, 7) is 0. The molecule has 0 atom stereocenters. The Bertz CT molecular complexity index is 5150. The number of fused-ring (bicyclic) bond motifs is 9. The standard InChI is InChI=1S/C55H34O3/c1-3-13-34(14-4-1)36-25-29-38(30-26-36)50(39-31-27-37(28-32-39)35-15-5-2-6-16-35)43-20-12-24-48-51(43)45-33-49-52(42-18-8-10-23-47(42)56-49)53(55(45)58-48)44-21-11-19-41-40-17-7-9-22-46(40)57-54(41)44/h1-33,50H/i1D,2D,3D,4D,5D,6D,7D,8D,9D,10D,11D,12D,13D,14D,15D,16D,17D,18D,20D,21D,22D,23D,24D,25D,26D,27D,28D,29D,30D,31D,32D,33D. The van der Waals surface area contributed by atoms with Gasteiger partial charge in [0, 0.05) is 49.4 Å². The first-order valence-electron chi connectivity index (χ1n) is 33.2. The molecule has 0 saturated heterocycles. The number of hydrogen-bond donors (Lipinski definition) is 0. The third-order valence-corrected chi connectivity index (χ3v) is 9.52. The normalized spacial score (nSPS) is 19.7. The summed E-state index contributed by atoms with van der Waals surface area (Å²) in [7, 11) is 0. The van der Waals surface area contributed by atoms with Gasteiger partial charge in [0.15, 0.2) is 0 Å². The highest BCUT2D eigenvalue weighted by Crippen LogP contribution is 2.49. The van der Waals surface area contributed by atoms with Crippen molar-refractivity contribution in [1.29, 1.82) is 0 Å². The molecule has 3 heteroatoms. The van der Waals surface area contributed by atoms with E-state index in [-0.39, 0.29) is 10.8 Å². The maximum Gasteiger partial charge on any atom is 0.144 e. The summed E-state index contributed by atoms with van der Waals surface area (Å²) >= 11 is 0. The van der Waals surface area contributed by atoms with E-state index in [9.17, 15) is 20.6 Å². The average Bonchev–Trinajstić information content (AvgIpc) is 1.46. The predicted molar refractivity (Wildman–Crippen MR) is 238 cm³/mol. The van der Waals surface area contributed by atoms with Crippen LogP contribution < -0.4 is 0 Å². The lowest BCUT2D eigenvalue weighted by Crippen LogP contribution is -2.04. The molecule has 0 saturated carbocycles. The van der Waals surface area contributed by atoms with Crippen molar-refractivity contribution in [2.75, 3.05) is 0 Å². The van der Waals surface area contributed by atoms with Crippen molar-refractivity contribution in [1.82, 2.24) is 0 Å². The molecule has 0 unspecified atom stereocenters. The Morgan fingerprint density at radius 3 is 1.59 bits per heavy atom. The first-order valence-corrected chi connectivity index (χ1v) is 17.2. The third kappa shape index (κ3) is 5.07. The van der Waals surface area contributed by atoms with Gasteiger partial charge in [-0.25, -0.2) is 0 Å². The first-order chi connectivity index (χ1) is 42.1. The molecule has 0 radical (unpaired) electrons. The van der Waals surface area contributed by atoms with Crippen LogP contribution in [0.1, 0.15) is 66.5 Å². The molecule has 3 aromatic heterocycles. The minimum atomic E-state index is -2.56. The molecule has 0 N–H and O–H groups in total. The zero-order chi connectivity index (χ0) is 66.0. The van der Waals surface area contributed by atoms with Crippen molar-refractivity contribution in [3.8, 4) is 33.4 Å². The highest BCUT2D eigenvalue weighted by atomic mass is 16.3. The molecule has 3 heterocycles. The Labute approximate surface area is 379 Å². The van der Waals surface area contributed by atoms with Gasteiger partial charge < -0.3 is 13.3 Å². The van der Waals surface area contributed by atoms with Gasteiger partial charge in [-0.2, -0.15) is 0 Å². The molecule has 272 valence electrons. The molecule has 3 nitrogen and oxygen atoms in total. The smallest absolute Gasteiger partial charge is 0.144 e. The van der Waals surface area contributed by atoms with E-state index in [0.29, 0.717) is 0 Å². The minimum absolute atomic E-state index is 0.232. The van der Waals surface area contributed by atoms with Crippen LogP contribution >= 0.6 is 0 Å². The third-order valence-electron chi connectivity index (χ3n) is 9.52. The monoisotopic (exact) mass is 774 g/mol. The van der Waals surface area contributed by atoms with Crippen LogP contribution in [-0.2, 0) is 0 Å². The SMILES string of the molecule is [2H]c1cc2c(oc3c([2H])c([2H])c([2H])c([2H])c32)c(-c2c3oc4c([2H])c([2H])c([2H])c(C(c5c([2H])c([2H])c(-c6c([2H])c([2H])c([2H])c([2H])c6[2H])c([2H])c5[2H])c5c([2H])c([2H])c(-c6c([2H])c([2H])c([2H])c([2H])c6[2H])c([2H])c5[2H])c4c3c([2H])c3oc4c([2H])c([2H])c([2H])c([2H])c4c23)c1[2H]. The number of benzene rings is 9. The fourth-order valence-corrected chi connectivity index (χ4v) is 7.06. The van der Waals surface area contributed by atoms with E-state index in [1.54, 1.807) is 0 Å². The summed E-state index contributed by atoms with van der Waals surface area (Å²) in [5.74, 6) is -2.56. The summed E-state index contributed by atoms with van der Waals surface area (Å²) in [5.41, 5.74) is -11.5. The summed E-state index contributed by atoms with van der Waals surface area (Å²) < 4.78 is 309. The Balaban J connectivity index is 1.35. The van der Waals surface area contributed by atoms with Crippen LogP contribution in [0.25, 0.3) is 99.2 Å². The summed E-state index contributed by atoms with van der Waals surface area (Å²) in [4.78, 5) is 0. The Morgan fingerprint density at radius 1 is 0.362 bits per heavy atom. The lowest BCUT2D eigenvalue weighted by molar-refractivity contribution is 0.662. The van der Waals surface area contributed by atoms with Crippen molar-refractivity contribution in [3.63, 3.8) is 0 Å². The molecule has 0 aliphatic carbocycles. The topological polar surface area (TPSA) is 39.4 Å². The van der Waals surface area contributed by atoms with E-state index in [4.69, 9.17) is 36.6 Å². The van der Waals surface area contributed by atoms with Gasteiger partial charge in [0.25, 0.3) is 0 Å². The van der Waals surface area contributed by atoms with Crippen LogP contribution in [-0.4, -0.2) is 0 Å². The number of rotatable bonds is 6. The van der Waals surface area contributed by atoms with E-state index in [1.165, 1.54) is 0 Å². The summed E-state index contributed by atoms with van der Waals surface area (Å²) in [6.07, 6.45) is 0. The summed E-state index contributed by atoms with van der Waals surface area (Å²) in [6, 6.07) is -30.0. The molecular formula is C55H34O3. The van der Waals surface area contributed by atoms with Gasteiger partial charge in [0.05, 0.1) is 43.9 Å². The molecule has 0 bridgehead atoms. The molecule has 0 aliphatic rings. The molecule has 12 aromatic rings. The van der Waals surface area contributed by atoms with Crippen molar-refractivity contribution in [2.45, 2.75) is 5.92 Å². The molecular weight excluding hydrogens is 709 g/mol. The van der Waals surface area contributed by atoms with Crippen LogP contribution in [0.4, 0.5) is 0 Å². The molecule has 58 heavy (non-hydrogen) atoms. The van der Waals surface area contributed by atoms with E-state index < -0.39 is 304 Å². The largest absolute Gasteiger partial charge is 0.456 e. The molecule has 12 rings (SSSR count). The van der Waals surface area contributed by atoms with Crippen molar-refractivity contribution >= 4 is 65.8 Å². The van der Waals surface area contributed by atoms with E-state index in [2.05, 4.69) is 0 Å².